The predicted octanol–water partition coefficient (Wildman–Crippen LogP) is 2.02. The van der Waals surface area contributed by atoms with Crippen LogP contribution in [0.4, 0.5) is 0 Å². The second-order valence-electron chi connectivity index (χ2n) is 5.49. The van der Waals surface area contributed by atoms with Crippen molar-refractivity contribution in [1.29, 1.82) is 0 Å². The van der Waals surface area contributed by atoms with Crippen LogP contribution in [-0.2, 0) is 4.74 Å². The van der Waals surface area contributed by atoms with E-state index in [1.807, 2.05) is 0 Å². The van der Waals surface area contributed by atoms with Crippen molar-refractivity contribution in [3.63, 3.8) is 0 Å². The van der Waals surface area contributed by atoms with E-state index in [1.54, 1.807) is 0 Å². The number of rotatable bonds is 5. The van der Waals surface area contributed by atoms with Crippen LogP contribution in [0.3, 0.4) is 0 Å². The fourth-order valence-corrected chi connectivity index (χ4v) is 2.98. The Morgan fingerprint density at radius 1 is 1.12 bits per heavy atom. The maximum absolute atomic E-state index is 5.74. The fraction of sp³-hybridized carbons (Fsp3) is 1.00. The fourth-order valence-electron chi connectivity index (χ4n) is 2.98. The Morgan fingerprint density at radius 2 is 2.06 bits per heavy atom. The van der Waals surface area contributed by atoms with Gasteiger partial charge in [0, 0.05) is 25.7 Å². The minimum Gasteiger partial charge on any atom is -0.377 e. The van der Waals surface area contributed by atoms with Gasteiger partial charge in [-0.05, 0) is 38.8 Å². The van der Waals surface area contributed by atoms with Crippen LogP contribution >= 0.6 is 0 Å². The van der Waals surface area contributed by atoms with Crippen LogP contribution in [0.25, 0.3) is 0 Å². The van der Waals surface area contributed by atoms with Crippen LogP contribution in [0, 0.1) is 0 Å². The van der Waals surface area contributed by atoms with Crippen LogP contribution in [0.5, 0.6) is 0 Å². The molecule has 0 aromatic carbocycles. The molecule has 2 fully saturated rings. The van der Waals surface area contributed by atoms with E-state index in [0.29, 0.717) is 12.1 Å². The largest absolute Gasteiger partial charge is 0.377 e. The summed E-state index contributed by atoms with van der Waals surface area (Å²) in [7, 11) is 0. The Hall–Kier alpha value is -0.120. The van der Waals surface area contributed by atoms with E-state index in [9.17, 15) is 0 Å². The smallest absolute Gasteiger partial charge is 0.0702 e. The van der Waals surface area contributed by atoms with E-state index < -0.39 is 0 Å². The third kappa shape index (κ3) is 4.57. The molecule has 0 aliphatic carbocycles. The normalized spacial score (nSPS) is 30.7. The molecular formula is C14H28N2O. The summed E-state index contributed by atoms with van der Waals surface area (Å²) in [5.74, 6) is 0. The van der Waals surface area contributed by atoms with Crippen molar-refractivity contribution in [3.05, 3.63) is 0 Å². The molecule has 2 aliphatic rings. The van der Waals surface area contributed by atoms with E-state index in [2.05, 4.69) is 17.1 Å². The van der Waals surface area contributed by atoms with E-state index in [1.165, 1.54) is 51.6 Å². The summed E-state index contributed by atoms with van der Waals surface area (Å²) in [5, 5.41) is 3.69. The van der Waals surface area contributed by atoms with E-state index >= 15 is 0 Å². The monoisotopic (exact) mass is 240 g/mol. The first-order valence-electron chi connectivity index (χ1n) is 7.46. The molecule has 3 heteroatoms. The summed E-state index contributed by atoms with van der Waals surface area (Å²) >= 11 is 0. The Morgan fingerprint density at radius 3 is 2.82 bits per heavy atom. The summed E-state index contributed by atoms with van der Waals surface area (Å²) in [6.07, 6.45) is 8.52. The predicted molar refractivity (Wildman–Crippen MR) is 71.3 cm³/mol. The van der Waals surface area contributed by atoms with Gasteiger partial charge in [-0.15, -0.1) is 0 Å². The Balaban J connectivity index is 1.72. The number of ether oxygens (including phenoxy) is 1. The molecule has 100 valence electrons. The molecule has 2 rings (SSSR count). The van der Waals surface area contributed by atoms with Crippen LogP contribution in [-0.4, -0.2) is 49.8 Å². The quantitative estimate of drug-likeness (QED) is 0.795. The maximum Gasteiger partial charge on any atom is 0.0702 e. The first-order chi connectivity index (χ1) is 8.38. The van der Waals surface area contributed by atoms with Crippen molar-refractivity contribution < 1.29 is 4.74 Å². The van der Waals surface area contributed by atoms with Crippen molar-refractivity contribution in [2.24, 2.45) is 0 Å². The van der Waals surface area contributed by atoms with Gasteiger partial charge in [0.15, 0.2) is 0 Å². The number of nitrogens with one attached hydrogen (secondary N) is 1. The lowest BCUT2D eigenvalue weighted by molar-refractivity contribution is 0.0713. The Kier molecular flexibility index (Phi) is 5.75. The molecule has 2 unspecified atom stereocenters. The lowest BCUT2D eigenvalue weighted by Crippen LogP contribution is -2.43. The van der Waals surface area contributed by atoms with Gasteiger partial charge in [0.05, 0.1) is 6.10 Å². The van der Waals surface area contributed by atoms with E-state index in [-0.39, 0.29) is 0 Å². The lowest BCUT2D eigenvalue weighted by Gasteiger charge is -2.28. The lowest BCUT2D eigenvalue weighted by atomic mass is 10.1. The molecule has 0 spiro atoms. The van der Waals surface area contributed by atoms with Crippen LogP contribution < -0.4 is 5.32 Å². The summed E-state index contributed by atoms with van der Waals surface area (Å²) in [5.41, 5.74) is 0. The van der Waals surface area contributed by atoms with Gasteiger partial charge in [-0.25, -0.2) is 0 Å². The molecule has 0 radical (unpaired) electrons. The summed E-state index contributed by atoms with van der Waals surface area (Å²) < 4.78 is 5.74. The molecule has 2 heterocycles. The second-order valence-corrected chi connectivity index (χ2v) is 5.49. The highest BCUT2D eigenvalue weighted by atomic mass is 16.5. The summed E-state index contributed by atoms with van der Waals surface area (Å²) in [4.78, 5) is 2.57. The third-order valence-corrected chi connectivity index (χ3v) is 4.07. The number of likely N-dealkylation sites (N-methyl/N-ethyl adjacent to an activating group) is 1. The first-order valence-corrected chi connectivity index (χ1v) is 7.46. The number of hydrogen-bond acceptors (Lipinski definition) is 3. The topological polar surface area (TPSA) is 24.5 Å². The van der Waals surface area contributed by atoms with Gasteiger partial charge in [0.25, 0.3) is 0 Å². The minimum absolute atomic E-state index is 0.501. The molecule has 0 bridgehead atoms. The summed E-state index contributed by atoms with van der Waals surface area (Å²) in [6, 6.07) is 0.707. The minimum atomic E-state index is 0.501. The molecule has 0 aromatic heterocycles. The highest BCUT2D eigenvalue weighted by molar-refractivity contribution is 4.77. The van der Waals surface area contributed by atoms with Gasteiger partial charge in [0.1, 0.15) is 0 Å². The molecule has 2 atom stereocenters. The third-order valence-electron chi connectivity index (χ3n) is 4.07. The Labute approximate surface area is 106 Å². The molecule has 0 amide bonds. The van der Waals surface area contributed by atoms with Gasteiger partial charge in [-0.2, -0.15) is 0 Å². The zero-order valence-electron chi connectivity index (χ0n) is 11.3. The van der Waals surface area contributed by atoms with Crippen molar-refractivity contribution in [2.45, 2.75) is 57.6 Å². The second kappa shape index (κ2) is 7.34. The molecule has 3 nitrogen and oxygen atoms in total. The average Bonchev–Trinajstić information content (AvgIpc) is 2.71. The molecule has 0 aromatic rings. The average molecular weight is 240 g/mol. The SMILES string of the molecule is CCN(CC1CCCCCN1)CC1CCCO1. The van der Waals surface area contributed by atoms with Crippen LogP contribution in [0.2, 0.25) is 0 Å². The van der Waals surface area contributed by atoms with Crippen molar-refractivity contribution in [3.8, 4) is 0 Å². The van der Waals surface area contributed by atoms with E-state index in [0.717, 1.165) is 19.7 Å². The molecule has 2 saturated heterocycles. The maximum atomic E-state index is 5.74. The standard InChI is InChI=1S/C14H28N2O/c1-2-16(12-14-8-6-10-17-14)11-13-7-4-3-5-9-15-13/h13-15H,2-12H2,1H3. The van der Waals surface area contributed by atoms with Crippen molar-refractivity contribution in [1.82, 2.24) is 10.2 Å². The highest BCUT2D eigenvalue weighted by Crippen LogP contribution is 2.15. The molecule has 0 saturated carbocycles. The van der Waals surface area contributed by atoms with Gasteiger partial charge >= 0.3 is 0 Å². The van der Waals surface area contributed by atoms with Crippen molar-refractivity contribution in [2.75, 3.05) is 32.8 Å². The zero-order chi connectivity index (χ0) is 11.9. The molecule has 1 N–H and O–H groups in total. The van der Waals surface area contributed by atoms with E-state index in [4.69, 9.17) is 4.74 Å². The van der Waals surface area contributed by atoms with Gasteiger partial charge < -0.3 is 10.1 Å². The first kappa shape index (κ1) is 13.3. The van der Waals surface area contributed by atoms with Gasteiger partial charge in [-0.1, -0.05) is 19.8 Å². The van der Waals surface area contributed by atoms with Gasteiger partial charge in [0.2, 0.25) is 0 Å². The molecular weight excluding hydrogens is 212 g/mol. The highest BCUT2D eigenvalue weighted by Gasteiger charge is 2.21. The van der Waals surface area contributed by atoms with Crippen LogP contribution in [0.1, 0.15) is 45.4 Å². The van der Waals surface area contributed by atoms with Crippen LogP contribution in [0.15, 0.2) is 0 Å². The van der Waals surface area contributed by atoms with Gasteiger partial charge in [-0.3, -0.25) is 4.90 Å². The summed E-state index contributed by atoms with van der Waals surface area (Å²) in [6.45, 7) is 7.95. The zero-order valence-corrected chi connectivity index (χ0v) is 11.3. The molecule has 2 aliphatic heterocycles. The Bertz CT molecular complexity index is 196. The molecule has 17 heavy (non-hydrogen) atoms. The number of hydrogen-bond donors (Lipinski definition) is 1. The van der Waals surface area contributed by atoms with Crippen molar-refractivity contribution >= 4 is 0 Å². The number of nitrogens with zero attached hydrogens (tertiary/aromatic N) is 1.